The third-order valence-electron chi connectivity index (χ3n) is 5.08. The molecule has 4 aromatic rings. The van der Waals surface area contributed by atoms with Crippen molar-refractivity contribution in [1.82, 2.24) is 29.8 Å². The number of anilines is 2. The van der Waals surface area contributed by atoms with Gasteiger partial charge in [-0.1, -0.05) is 0 Å². The van der Waals surface area contributed by atoms with Gasteiger partial charge in [0.2, 0.25) is 5.95 Å². The Bertz CT molecular complexity index is 1210. The van der Waals surface area contributed by atoms with E-state index >= 15 is 0 Å². The van der Waals surface area contributed by atoms with E-state index in [1.165, 1.54) is 0 Å². The molecule has 0 radical (unpaired) electrons. The first-order chi connectivity index (χ1) is 14.7. The maximum atomic E-state index is 12.9. The molecule has 0 aromatic carbocycles. The lowest BCUT2D eigenvalue weighted by Crippen LogP contribution is -2.19. The lowest BCUT2D eigenvalue weighted by atomic mass is 10.1. The van der Waals surface area contributed by atoms with Crippen molar-refractivity contribution in [3.05, 3.63) is 48.5 Å². The van der Waals surface area contributed by atoms with Crippen molar-refractivity contribution in [2.75, 3.05) is 30.4 Å². The number of aromatic amines is 1. The number of nitrogens with zero attached hydrogens (tertiary/aromatic N) is 6. The first-order valence-corrected chi connectivity index (χ1v) is 9.68. The van der Waals surface area contributed by atoms with Crippen LogP contribution in [0.3, 0.4) is 0 Å². The van der Waals surface area contributed by atoms with Crippen molar-refractivity contribution in [1.29, 1.82) is 0 Å². The predicted molar refractivity (Wildman–Crippen MR) is 111 cm³/mol. The molecule has 10 nitrogen and oxygen atoms in total. The number of methoxy groups -OCH3 is 1. The lowest BCUT2D eigenvalue weighted by molar-refractivity contribution is 0.102. The van der Waals surface area contributed by atoms with Gasteiger partial charge in [-0.15, -0.1) is 5.10 Å². The van der Waals surface area contributed by atoms with Gasteiger partial charge in [0.05, 0.1) is 24.6 Å². The fraction of sp³-hybridized carbons (Fsp3) is 0.250. The maximum Gasteiger partial charge on any atom is 0.274 e. The molecule has 1 aliphatic rings. The van der Waals surface area contributed by atoms with E-state index in [1.807, 2.05) is 0 Å². The fourth-order valence-electron chi connectivity index (χ4n) is 3.53. The molecule has 2 N–H and O–H groups in total. The van der Waals surface area contributed by atoms with E-state index in [4.69, 9.17) is 4.74 Å². The Morgan fingerprint density at radius 3 is 2.93 bits per heavy atom. The van der Waals surface area contributed by atoms with E-state index in [0.717, 1.165) is 31.9 Å². The number of nitrogens with one attached hydrogen (secondary N) is 2. The zero-order valence-corrected chi connectivity index (χ0v) is 16.4. The third-order valence-corrected chi connectivity index (χ3v) is 5.08. The number of carbonyl (C=O) groups is 1. The Kier molecular flexibility index (Phi) is 4.51. The highest BCUT2D eigenvalue weighted by atomic mass is 16.5. The van der Waals surface area contributed by atoms with E-state index < -0.39 is 0 Å². The standard InChI is InChI=1S/C20H20N8O2/c1-30-14-4-6-21-16(11-14)15-12-22-25-18(15)19(29)23-13-5-9-28-17(10-13)24-20(26-28)27-7-2-3-8-27/h4-6,9-12H,2-3,7-8H2,1H3,(H,22,25)(H,23,29). The molecule has 30 heavy (non-hydrogen) atoms. The van der Waals surface area contributed by atoms with Gasteiger partial charge in [-0.25, -0.2) is 4.52 Å². The van der Waals surface area contributed by atoms with Gasteiger partial charge in [0.25, 0.3) is 5.91 Å². The van der Waals surface area contributed by atoms with E-state index in [0.29, 0.717) is 34.0 Å². The average molecular weight is 404 g/mol. The van der Waals surface area contributed by atoms with Crippen LogP contribution in [0, 0.1) is 0 Å². The molecule has 0 spiro atoms. The van der Waals surface area contributed by atoms with Gasteiger partial charge in [-0.3, -0.25) is 14.9 Å². The molecule has 1 saturated heterocycles. The molecule has 152 valence electrons. The summed E-state index contributed by atoms with van der Waals surface area (Å²) in [6.07, 6.45) is 7.30. The minimum absolute atomic E-state index is 0.315. The summed E-state index contributed by atoms with van der Waals surface area (Å²) in [5, 5.41) is 14.2. The summed E-state index contributed by atoms with van der Waals surface area (Å²) >= 11 is 0. The van der Waals surface area contributed by atoms with Crippen LogP contribution in [0.2, 0.25) is 0 Å². The fourth-order valence-corrected chi connectivity index (χ4v) is 3.53. The van der Waals surface area contributed by atoms with Gasteiger partial charge in [0.15, 0.2) is 5.65 Å². The van der Waals surface area contributed by atoms with E-state index in [1.54, 1.807) is 54.5 Å². The third kappa shape index (κ3) is 3.32. The van der Waals surface area contributed by atoms with Crippen LogP contribution < -0.4 is 15.0 Å². The number of aromatic nitrogens is 6. The molecule has 1 aliphatic heterocycles. The van der Waals surface area contributed by atoms with Crippen molar-refractivity contribution in [2.24, 2.45) is 0 Å². The van der Waals surface area contributed by atoms with Crippen LogP contribution in [-0.4, -0.2) is 55.9 Å². The van der Waals surface area contributed by atoms with Crippen LogP contribution in [-0.2, 0) is 0 Å². The minimum Gasteiger partial charge on any atom is -0.497 e. The quantitative estimate of drug-likeness (QED) is 0.525. The molecule has 1 amide bonds. The number of hydrogen-bond acceptors (Lipinski definition) is 7. The van der Waals surface area contributed by atoms with Gasteiger partial charge in [-0.2, -0.15) is 10.1 Å². The van der Waals surface area contributed by atoms with Crippen LogP contribution in [0.25, 0.3) is 16.9 Å². The van der Waals surface area contributed by atoms with Crippen LogP contribution in [0.5, 0.6) is 5.75 Å². The second-order valence-electron chi connectivity index (χ2n) is 7.02. The summed E-state index contributed by atoms with van der Waals surface area (Å²) < 4.78 is 6.95. The van der Waals surface area contributed by atoms with Crippen LogP contribution in [0.1, 0.15) is 23.3 Å². The van der Waals surface area contributed by atoms with Crippen molar-refractivity contribution >= 4 is 23.2 Å². The Balaban J connectivity index is 1.39. The molecule has 0 bridgehead atoms. The Morgan fingerprint density at radius 1 is 1.23 bits per heavy atom. The van der Waals surface area contributed by atoms with Gasteiger partial charge in [0.1, 0.15) is 11.4 Å². The smallest absolute Gasteiger partial charge is 0.274 e. The van der Waals surface area contributed by atoms with Gasteiger partial charge in [0, 0.05) is 43.3 Å². The topological polar surface area (TPSA) is 113 Å². The molecule has 4 aromatic heterocycles. The molecule has 1 fully saturated rings. The lowest BCUT2D eigenvalue weighted by Gasteiger charge is -2.10. The molecular formula is C20H20N8O2. The first kappa shape index (κ1) is 18.1. The summed E-state index contributed by atoms with van der Waals surface area (Å²) in [5.74, 6) is 1.05. The number of carbonyl (C=O) groups excluding carboxylic acids is 1. The highest BCUT2D eigenvalue weighted by Crippen LogP contribution is 2.24. The molecular weight excluding hydrogens is 384 g/mol. The minimum atomic E-state index is -0.323. The summed E-state index contributed by atoms with van der Waals surface area (Å²) in [7, 11) is 1.58. The SMILES string of the molecule is COc1ccnc(-c2cn[nH]c2C(=O)Nc2ccn3nc(N4CCCC4)nc3c2)c1. The molecule has 5 rings (SSSR count). The average Bonchev–Trinajstić information content (AvgIpc) is 3.53. The van der Waals surface area contributed by atoms with Crippen molar-refractivity contribution < 1.29 is 9.53 Å². The second-order valence-corrected chi connectivity index (χ2v) is 7.02. The number of H-pyrrole nitrogens is 1. The highest BCUT2D eigenvalue weighted by molar-refractivity contribution is 6.07. The summed E-state index contributed by atoms with van der Waals surface area (Å²) in [5.41, 5.74) is 2.79. The van der Waals surface area contributed by atoms with E-state index in [2.05, 4.69) is 35.5 Å². The number of rotatable bonds is 5. The predicted octanol–water partition coefficient (Wildman–Crippen LogP) is 2.38. The van der Waals surface area contributed by atoms with Gasteiger partial charge in [-0.05, 0) is 25.0 Å². The molecule has 5 heterocycles. The Hall–Kier alpha value is -3.95. The second kappa shape index (κ2) is 7.47. The van der Waals surface area contributed by atoms with E-state index in [9.17, 15) is 4.79 Å². The van der Waals surface area contributed by atoms with Gasteiger partial charge >= 0.3 is 0 Å². The monoisotopic (exact) mass is 404 g/mol. The van der Waals surface area contributed by atoms with Crippen molar-refractivity contribution in [3.63, 3.8) is 0 Å². The molecule has 0 saturated carbocycles. The summed E-state index contributed by atoms with van der Waals surface area (Å²) in [6, 6.07) is 7.08. The van der Waals surface area contributed by atoms with Gasteiger partial charge < -0.3 is 15.0 Å². The molecule has 0 aliphatic carbocycles. The summed E-state index contributed by atoms with van der Waals surface area (Å²) in [4.78, 5) is 24.0. The number of pyridine rings is 2. The largest absolute Gasteiger partial charge is 0.497 e. The zero-order chi connectivity index (χ0) is 20.5. The maximum absolute atomic E-state index is 12.9. The van der Waals surface area contributed by atoms with Crippen molar-refractivity contribution in [3.8, 4) is 17.0 Å². The number of amides is 1. The molecule has 0 unspecified atom stereocenters. The number of hydrogen-bond donors (Lipinski definition) is 2. The van der Waals surface area contributed by atoms with Crippen LogP contribution >= 0.6 is 0 Å². The Labute approximate surface area is 171 Å². The van der Waals surface area contributed by atoms with Crippen molar-refractivity contribution in [2.45, 2.75) is 12.8 Å². The number of ether oxygens (including phenoxy) is 1. The van der Waals surface area contributed by atoms with Crippen LogP contribution in [0.15, 0.2) is 42.9 Å². The normalized spacial score (nSPS) is 13.7. The highest BCUT2D eigenvalue weighted by Gasteiger charge is 2.19. The molecule has 10 heteroatoms. The summed E-state index contributed by atoms with van der Waals surface area (Å²) in [6.45, 7) is 1.95. The zero-order valence-electron chi connectivity index (χ0n) is 16.4. The number of fused-ring (bicyclic) bond motifs is 1. The van der Waals surface area contributed by atoms with E-state index in [-0.39, 0.29) is 5.91 Å². The first-order valence-electron chi connectivity index (χ1n) is 9.68. The van der Waals surface area contributed by atoms with Crippen LogP contribution in [0.4, 0.5) is 11.6 Å². The Morgan fingerprint density at radius 2 is 2.10 bits per heavy atom. The molecule has 0 atom stereocenters.